The molecule has 66 valence electrons. The van der Waals surface area contributed by atoms with Crippen LogP contribution < -0.4 is 5.56 Å². The molecule has 0 amide bonds. The van der Waals surface area contributed by atoms with Crippen molar-refractivity contribution < 1.29 is 0 Å². The van der Waals surface area contributed by atoms with E-state index < -0.39 is 0 Å². The SMILES string of the molecule is Cc1nc2ccccc2n(C)c1=O. The molecule has 3 nitrogen and oxygen atoms in total. The van der Waals surface area contributed by atoms with Crippen molar-refractivity contribution in [2.24, 2.45) is 7.05 Å². The van der Waals surface area contributed by atoms with E-state index in [0.29, 0.717) is 5.69 Å². The van der Waals surface area contributed by atoms with Gasteiger partial charge in [-0.1, -0.05) is 12.1 Å². The van der Waals surface area contributed by atoms with E-state index in [1.54, 1.807) is 18.5 Å². The van der Waals surface area contributed by atoms with Crippen LogP contribution in [-0.4, -0.2) is 9.55 Å². The first-order chi connectivity index (χ1) is 6.20. The molecule has 0 atom stereocenters. The third-order valence-corrected chi connectivity index (χ3v) is 2.15. The lowest BCUT2D eigenvalue weighted by Crippen LogP contribution is -2.20. The van der Waals surface area contributed by atoms with E-state index in [4.69, 9.17) is 0 Å². The van der Waals surface area contributed by atoms with Gasteiger partial charge in [-0.2, -0.15) is 0 Å². The smallest absolute Gasteiger partial charge is 0.272 e. The summed E-state index contributed by atoms with van der Waals surface area (Å²) >= 11 is 0. The van der Waals surface area contributed by atoms with Crippen LogP contribution >= 0.6 is 0 Å². The molecule has 0 saturated carbocycles. The topological polar surface area (TPSA) is 34.9 Å². The van der Waals surface area contributed by atoms with Crippen molar-refractivity contribution in [2.45, 2.75) is 6.92 Å². The summed E-state index contributed by atoms with van der Waals surface area (Å²) in [5.41, 5.74) is 2.25. The molecule has 0 spiro atoms. The molecule has 0 bridgehead atoms. The van der Waals surface area contributed by atoms with Gasteiger partial charge in [-0.25, -0.2) is 4.98 Å². The van der Waals surface area contributed by atoms with E-state index in [2.05, 4.69) is 4.98 Å². The molecule has 0 radical (unpaired) electrons. The van der Waals surface area contributed by atoms with Crippen LogP contribution in [0.3, 0.4) is 0 Å². The van der Waals surface area contributed by atoms with Crippen LogP contribution in [0.1, 0.15) is 5.69 Å². The van der Waals surface area contributed by atoms with Gasteiger partial charge in [0.2, 0.25) is 0 Å². The van der Waals surface area contributed by atoms with Gasteiger partial charge in [0.15, 0.2) is 0 Å². The molecular formula is C10H10N2O. The highest BCUT2D eigenvalue weighted by atomic mass is 16.1. The number of nitrogens with zero attached hydrogens (tertiary/aromatic N) is 2. The van der Waals surface area contributed by atoms with Gasteiger partial charge in [-0.15, -0.1) is 0 Å². The Labute approximate surface area is 75.7 Å². The first-order valence-corrected chi connectivity index (χ1v) is 4.12. The van der Waals surface area contributed by atoms with Crippen molar-refractivity contribution in [3.63, 3.8) is 0 Å². The highest BCUT2D eigenvalue weighted by molar-refractivity contribution is 5.74. The summed E-state index contributed by atoms with van der Waals surface area (Å²) in [5.74, 6) is 0. The second kappa shape index (κ2) is 2.69. The van der Waals surface area contributed by atoms with Crippen LogP contribution in [0.25, 0.3) is 11.0 Å². The number of hydrogen-bond donors (Lipinski definition) is 0. The summed E-state index contributed by atoms with van der Waals surface area (Å²) in [5, 5.41) is 0. The van der Waals surface area contributed by atoms with E-state index in [1.165, 1.54) is 0 Å². The van der Waals surface area contributed by atoms with Crippen LogP contribution in [0, 0.1) is 6.92 Å². The minimum atomic E-state index is -0.0290. The molecule has 1 aromatic heterocycles. The molecule has 1 heterocycles. The summed E-state index contributed by atoms with van der Waals surface area (Å²) in [6.07, 6.45) is 0. The van der Waals surface area contributed by atoms with Gasteiger partial charge < -0.3 is 4.57 Å². The lowest BCUT2D eigenvalue weighted by molar-refractivity contribution is 0.872. The lowest BCUT2D eigenvalue weighted by atomic mass is 10.3. The second-order valence-electron chi connectivity index (χ2n) is 3.05. The molecule has 1 aromatic carbocycles. The fourth-order valence-corrected chi connectivity index (χ4v) is 1.42. The molecule has 0 saturated heterocycles. The van der Waals surface area contributed by atoms with Crippen molar-refractivity contribution in [1.82, 2.24) is 9.55 Å². The quantitative estimate of drug-likeness (QED) is 0.602. The third kappa shape index (κ3) is 1.13. The molecule has 0 aliphatic rings. The van der Waals surface area contributed by atoms with Gasteiger partial charge >= 0.3 is 0 Å². The molecule has 2 rings (SSSR count). The van der Waals surface area contributed by atoms with Crippen molar-refractivity contribution >= 4 is 11.0 Å². The summed E-state index contributed by atoms with van der Waals surface area (Å²) in [6.45, 7) is 1.73. The van der Waals surface area contributed by atoms with E-state index in [9.17, 15) is 4.79 Å². The minimum absolute atomic E-state index is 0.0290. The number of rotatable bonds is 0. The standard InChI is InChI=1S/C10H10N2O/c1-7-10(13)12(2)9-6-4-3-5-8(9)11-7/h3-6H,1-2H3. The third-order valence-electron chi connectivity index (χ3n) is 2.15. The van der Waals surface area contributed by atoms with Crippen LogP contribution in [0.15, 0.2) is 29.1 Å². The molecule has 0 N–H and O–H groups in total. The Morgan fingerprint density at radius 3 is 2.77 bits per heavy atom. The number of aryl methyl sites for hydroxylation is 2. The maximum absolute atomic E-state index is 11.5. The number of hydrogen-bond acceptors (Lipinski definition) is 2. The van der Waals surface area contributed by atoms with Crippen LogP contribution in [0.4, 0.5) is 0 Å². The van der Waals surface area contributed by atoms with E-state index in [-0.39, 0.29) is 5.56 Å². The lowest BCUT2D eigenvalue weighted by Gasteiger charge is -2.04. The summed E-state index contributed by atoms with van der Waals surface area (Å²) in [4.78, 5) is 15.7. The van der Waals surface area contributed by atoms with Gasteiger partial charge in [-0.05, 0) is 19.1 Å². The fourth-order valence-electron chi connectivity index (χ4n) is 1.42. The molecule has 0 aliphatic carbocycles. The molecular weight excluding hydrogens is 164 g/mol. The Morgan fingerprint density at radius 2 is 2.00 bits per heavy atom. The van der Waals surface area contributed by atoms with Crippen LogP contribution in [-0.2, 0) is 7.05 Å². The Morgan fingerprint density at radius 1 is 1.31 bits per heavy atom. The molecule has 0 unspecified atom stereocenters. The van der Waals surface area contributed by atoms with E-state index in [0.717, 1.165) is 11.0 Å². The molecule has 2 aromatic rings. The molecule has 0 fully saturated rings. The van der Waals surface area contributed by atoms with Crippen molar-refractivity contribution in [1.29, 1.82) is 0 Å². The monoisotopic (exact) mass is 174 g/mol. The normalized spacial score (nSPS) is 10.6. The fraction of sp³-hybridized carbons (Fsp3) is 0.200. The van der Waals surface area contributed by atoms with E-state index >= 15 is 0 Å². The predicted molar refractivity (Wildman–Crippen MR) is 51.7 cm³/mol. The van der Waals surface area contributed by atoms with Crippen LogP contribution in [0.5, 0.6) is 0 Å². The Hall–Kier alpha value is -1.64. The summed E-state index contributed by atoms with van der Waals surface area (Å²) in [7, 11) is 1.76. The summed E-state index contributed by atoms with van der Waals surface area (Å²) < 4.78 is 1.62. The average Bonchev–Trinajstić information content (AvgIpc) is 2.15. The van der Waals surface area contributed by atoms with Crippen LogP contribution in [0.2, 0.25) is 0 Å². The zero-order valence-electron chi connectivity index (χ0n) is 7.61. The van der Waals surface area contributed by atoms with Gasteiger partial charge in [0.25, 0.3) is 5.56 Å². The largest absolute Gasteiger partial charge is 0.308 e. The minimum Gasteiger partial charge on any atom is -0.308 e. The van der Waals surface area contributed by atoms with Gasteiger partial charge in [0.05, 0.1) is 11.0 Å². The first kappa shape index (κ1) is 7.98. The van der Waals surface area contributed by atoms with Gasteiger partial charge in [0.1, 0.15) is 5.69 Å². The zero-order valence-corrected chi connectivity index (χ0v) is 7.61. The Kier molecular flexibility index (Phi) is 1.65. The maximum atomic E-state index is 11.5. The first-order valence-electron chi connectivity index (χ1n) is 4.12. The number of para-hydroxylation sites is 2. The van der Waals surface area contributed by atoms with Crippen molar-refractivity contribution in [2.75, 3.05) is 0 Å². The van der Waals surface area contributed by atoms with Crippen molar-refractivity contribution in [3.8, 4) is 0 Å². The van der Waals surface area contributed by atoms with Gasteiger partial charge in [0, 0.05) is 7.05 Å². The molecule has 3 heteroatoms. The predicted octanol–water partition coefficient (Wildman–Crippen LogP) is 1.24. The van der Waals surface area contributed by atoms with Gasteiger partial charge in [-0.3, -0.25) is 4.79 Å². The number of aromatic nitrogens is 2. The molecule has 13 heavy (non-hydrogen) atoms. The number of benzene rings is 1. The summed E-state index contributed by atoms with van der Waals surface area (Å²) in [6, 6.07) is 7.61. The average molecular weight is 174 g/mol. The van der Waals surface area contributed by atoms with E-state index in [1.807, 2.05) is 24.3 Å². The highest BCUT2D eigenvalue weighted by Crippen LogP contribution is 2.07. The second-order valence-corrected chi connectivity index (χ2v) is 3.05. The highest BCUT2D eigenvalue weighted by Gasteiger charge is 2.02. The molecule has 0 aliphatic heterocycles. The van der Waals surface area contributed by atoms with Crippen molar-refractivity contribution in [3.05, 3.63) is 40.3 Å². The number of fused-ring (bicyclic) bond motifs is 1. The Bertz CT molecular complexity index is 514. The zero-order chi connectivity index (χ0) is 9.42. The maximum Gasteiger partial charge on any atom is 0.272 e. The Balaban J connectivity index is 3.02.